The number of rotatable bonds is 6. The van der Waals surface area contributed by atoms with Gasteiger partial charge in [0.2, 0.25) is 0 Å². The van der Waals surface area contributed by atoms with Crippen LogP contribution < -0.4 is 9.64 Å². The van der Waals surface area contributed by atoms with Crippen molar-refractivity contribution < 1.29 is 22.6 Å². The van der Waals surface area contributed by atoms with Crippen molar-refractivity contribution in [3.8, 4) is 16.9 Å². The lowest BCUT2D eigenvalue weighted by atomic mass is 10.1. The highest BCUT2D eigenvalue weighted by Gasteiger charge is 2.30. The van der Waals surface area contributed by atoms with Crippen LogP contribution in [0, 0.1) is 0 Å². The number of methoxy groups -OCH3 is 1. The third-order valence-corrected chi connectivity index (χ3v) is 6.40. The molecule has 182 valence electrons. The summed E-state index contributed by atoms with van der Waals surface area (Å²) in [7, 11) is 1.58. The Bertz CT molecular complexity index is 1390. The highest BCUT2D eigenvalue weighted by molar-refractivity contribution is 6.33. The molecule has 0 spiro atoms. The van der Waals surface area contributed by atoms with E-state index in [0.717, 1.165) is 45.9 Å². The van der Waals surface area contributed by atoms with Gasteiger partial charge < -0.3 is 14.4 Å². The Morgan fingerprint density at radius 2 is 1.89 bits per heavy atom. The van der Waals surface area contributed by atoms with Crippen molar-refractivity contribution in [2.45, 2.75) is 32.9 Å². The number of hydrogen-bond acceptors (Lipinski definition) is 5. The Morgan fingerprint density at radius 3 is 2.54 bits per heavy atom. The number of benzene rings is 2. The summed E-state index contributed by atoms with van der Waals surface area (Å²) in [6, 6.07) is 10.7. The molecule has 10 heteroatoms. The summed E-state index contributed by atoms with van der Waals surface area (Å²) in [5.74, 6) is 1.45. The van der Waals surface area contributed by atoms with E-state index in [1.165, 1.54) is 12.1 Å². The third kappa shape index (κ3) is 4.30. The Hall–Kier alpha value is -3.30. The molecule has 6 nitrogen and oxygen atoms in total. The van der Waals surface area contributed by atoms with Gasteiger partial charge in [-0.2, -0.15) is 22.8 Å². The summed E-state index contributed by atoms with van der Waals surface area (Å²) in [5, 5.41) is 5.14. The van der Waals surface area contributed by atoms with E-state index in [4.69, 9.17) is 26.1 Å². The van der Waals surface area contributed by atoms with E-state index >= 15 is 0 Å². The number of anilines is 1. The van der Waals surface area contributed by atoms with E-state index in [1.54, 1.807) is 23.9 Å². The van der Waals surface area contributed by atoms with E-state index in [9.17, 15) is 13.2 Å². The second kappa shape index (κ2) is 9.05. The highest BCUT2D eigenvalue weighted by atomic mass is 35.5. The van der Waals surface area contributed by atoms with E-state index in [2.05, 4.69) is 10.00 Å². The second-order valence-corrected chi connectivity index (χ2v) is 8.61. The lowest BCUT2D eigenvalue weighted by Gasteiger charge is -2.26. The minimum Gasteiger partial charge on any atom is -0.497 e. The van der Waals surface area contributed by atoms with Gasteiger partial charge in [0.05, 0.1) is 42.8 Å². The summed E-state index contributed by atoms with van der Waals surface area (Å²) >= 11 is 6.54. The number of alkyl halides is 3. The molecule has 5 rings (SSSR count). The van der Waals surface area contributed by atoms with Gasteiger partial charge in [-0.3, -0.25) is 0 Å². The van der Waals surface area contributed by atoms with Crippen LogP contribution in [0.5, 0.6) is 5.75 Å². The molecule has 0 unspecified atom stereocenters. The van der Waals surface area contributed by atoms with Crippen molar-refractivity contribution in [2.24, 2.45) is 0 Å². The maximum absolute atomic E-state index is 13.0. The third-order valence-electron chi connectivity index (χ3n) is 6.09. The van der Waals surface area contributed by atoms with Gasteiger partial charge in [-0.25, -0.2) is 4.98 Å². The number of hydrogen-bond donors (Lipinski definition) is 0. The molecule has 0 fully saturated rings. The molecule has 0 saturated carbocycles. The average molecular weight is 503 g/mol. The van der Waals surface area contributed by atoms with Crippen LogP contribution in [0.2, 0.25) is 5.02 Å². The van der Waals surface area contributed by atoms with Crippen molar-refractivity contribution in [2.75, 3.05) is 18.6 Å². The fourth-order valence-electron chi connectivity index (χ4n) is 4.29. The van der Waals surface area contributed by atoms with Gasteiger partial charge in [-0.1, -0.05) is 23.7 Å². The number of fused-ring (bicyclic) bond motifs is 2. The van der Waals surface area contributed by atoms with Crippen LogP contribution in [-0.4, -0.2) is 28.3 Å². The summed E-state index contributed by atoms with van der Waals surface area (Å²) in [5.41, 5.74) is 3.97. The van der Waals surface area contributed by atoms with Crippen molar-refractivity contribution in [1.82, 2.24) is 14.6 Å². The Balaban J connectivity index is 1.59. The molecule has 2 aromatic carbocycles. The van der Waals surface area contributed by atoms with Gasteiger partial charge in [0.25, 0.3) is 0 Å². The summed E-state index contributed by atoms with van der Waals surface area (Å²) in [6.45, 7) is 3.75. The molecule has 0 radical (unpaired) electrons. The summed E-state index contributed by atoms with van der Waals surface area (Å²) in [6.07, 6.45) is -2.64. The fraction of sp³-hybridized carbons (Fsp3) is 0.280. The zero-order valence-corrected chi connectivity index (χ0v) is 19.8. The smallest absolute Gasteiger partial charge is 0.416 e. The van der Waals surface area contributed by atoms with Crippen LogP contribution in [0.25, 0.3) is 16.8 Å². The monoisotopic (exact) mass is 502 g/mol. The zero-order chi connectivity index (χ0) is 24.7. The van der Waals surface area contributed by atoms with Gasteiger partial charge in [-0.15, -0.1) is 0 Å². The quantitative estimate of drug-likeness (QED) is 0.317. The van der Waals surface area contributed by atoms with Crippen LogP contribution in [-0.2, 0) is 30.7 Å². The predicted molar refractivity (Wildman–Crippen MR) is 127 cm³/mol. The van der Waals surface area contributed by atoms with Gasteiger partial charge in [-0.05, 0) is 42.8 Å². The predicted octanol–water partition coefficient (Wildman–Crippen LogP) is 6.13. The molecular weight excluding hydrogens is 481 g/mol. The SMILES string of the molecule is CCN(Cc1ccc(C(F)(F)F)cc1)c1c2c(nc3c(-c4ccc(OC)cc4Cl)cnn13)COC2. The molecular formula is C25H22ClF3N4O2. The Kier molecular flexibility index (Phi) is 6.06. The number of nitrogens with zero attached hydrogens (tertiary/aromatic N) is 4. The van der Waals surface area contributed by atoms with Gasteiger partial charge in [0, 0.05) is 29.8 Å². The molecule has 4 aromatic rings. The molecule has 35 heavy (non-hydrogen) atoms. The molecule has 0 bridgehead atoms. The lowest BCUT2D eigenvalue weighted by molar-refractivity contribution is -0.137. The van der Waals surface area contributed by atoms with E-state index in [-0.39, 0.29) is 0 Å². The van der Waals surface area contributed by atoms with E-state index in [0.29, 0.717) is 42.7 Å². The first-order valence-electron chi connectivity index (χ1n) is 11.0. The summed E-state index contributed by atoms with van der Waals surface area (Å²) in [4.78, 5) is 6.90. The first-order chi connectivity index (χ1) is 16.8. The molecule has 0 saturated heterocycles. The van der Waals surface area contributed by atoms with Crippen LogP contribution in [0.1, 0.15) is 29.3 Å². The van der Waals surface area contributed by atoms with Crippen molar-refractivity contribution in [3.05, 3.63) is 76.1 Å². The molecule has 1 aliphatic rings. The van der Waals surface area contributed by atoms with Gasteiger partial charge in [0.15, 0.2) is 5.65 Å². The number of halogens is 4. The van der Waals surface area contributed by atoms with Crippen molar-refractivity contribution >= 4 is 23.1 Å². The lowest BCUT2D eigenvalue weighted by Crippen LogP contribution is -2.26. The first kappa shape index (κ1) is 23.4. The molecule has 3 heterocycles. The van der Waals surface area contributed by atoms with E-state index < -0.39 is 11.7 Å². The number of ether oxygens (including phenoxy) is 2. The molecule has 2 aromatic heterocycles. The maximum atomic E-state index is 13.0. The van der Waals surface area contributed by atoms with Crippen LogP contribution in [0.3, 0.4) is 0 Å². The standard InChI is InChI=1S/C25H22ClF3N4O2/c1-3-32(12-15-4-6-16(7-5-15)25(27,28)29)24-20-13-35-14-22(20)31-23-19(11-30-33(23)24)18-9-8-17(34-2)10-21(18)26/h4-11H,3,12-14H2,1-2H3. The largest absolute Gasteiger partial charge is 0.497 e. The Morgan fingerprint density at radius 1 is 1.11 bits per heavy atom. The molecule has 0 amide bonds. The fourth-order valence-corrected chi connectivity index (χ4v) is 4.56. The van der Waals surface area contributed by atoms with Crippen molar-refractivity contribution in [3.63, 3.8) is 0 Å². The zero-order valence-electron chi connectivity index (χ0n) is 19.1. The van der Waals surface area contributed by atoms with Crippen LogP contribution in [0.4, 0.5) is 19.0 Å². The highest BCUT2D eigenvalue weighted by Crippen LogP contribution is 2.37. The maximum Gasteiger partial charge on any atom is 0.416 e. The second-order valence-electron chi connectivity index (χ2n) is 8.20. The molecule has 1 aliphatic heterocycles. The first-order valence-corrected chi connectivity index (χ1v) is 11.4. The molecule has 0 atom stereocenters. The molecule has 0 N–H and O–H groups in total. The summed E-state index contributed by atoms with van der Waals surface area (Å²) < 4.78 is 51.7. The topological polar surface area (TPSA) is 51.9 Å². The average Bonchev–Trinajstić information content (AvgIpc) is 3.48. The molecule has 0 aliphatic carbocycles. The normalized spacial score (nSPS) is 13.3. The van der Waals surface area contributed by atoms with Gasteiger partial charge in [0.1, 0.15) is 11.6 Å². The van der Waals surface area contributed by atoms with Crippen molar-refractivity contribution in [1.29, 1.82) is 0 Å². The van der Waals surface area contributed by atoms with Crippen LogP contribution >= 0.6 is 11.6 Å². The number of aromatic nitrogens is 3. The minimum absolute atomic E-state index is 0.373. The van der Waals surface area contributed by atoms with Gasteiger partial charge >= 0.3 is 6.18 Å². The Labute approximate surface area is 204 Å². The van der Waals surface area contributed by atoms with E-state index in [1.807, 2.05) is 19.1 Å². The minimum atomic E-state index is -4.37. The van der Waals surface area contributed by atoms with Crippen LogP contribution in [0.15, 0.2) is 48.7 Å².